The standard InChI is InChI=1S/C26H37N3O4S/c1-18(2)15-27-26(31)22(6)28(16-23-14-9-8-11-19(23)3)24(30)17-29(34(7,32)33)25-20(4)12-10-13-21(25)5/h8-14,18,22H,15-17H2,1-7H3,(H,27,31). The number of benzene rings is 2. The minimum Gasteiger partial charge on any atom is -0.354 e. The summed E-state index contributed by atoms with van der Waals surface area (Å²) in [5.74, 6) is -0.446. The molecular weight excluding hydrogens is 450 g/mol. The first-order chi connectivity index (χ1) is 15.8. The van der Waals surface area contributed by atoms with E-state index in [1.54, 1.807) is 6.92 Å². The number of para-hydroxylation sites is 1. The Kier molecular flexibility index (Phi) is 9.27. The number of nitrogens with one attached hydrogen (secondary N) is 1. The van der Waals surface area contributed by atoms with E-state index in [1.165, 1.54) is 4.90 Å². The van der Waals surface area contributed by atoms with Gasteiger partial charge in [-0.05, 0) is 55.9 Å². The van der Waals surface area contributed by atoms with Crippen LogP contribution in [0.1, 0.15) is 43.0 Å². The highest BCUT2D eigenvalue weighted by Crippen LogP contribution is 2.27. The average molecular weight is 488 g/mol. The van der Waals surface area contributed by atoms with Gasteiger partial charge in [0.15, 0.2) is 0 Å². The number of carbonyl (C=O) groups is 2. The Bertz CT molecular complexity index is 1110. The van der Waals surface area contributed by atoms with Gasteiger partial charge in [-0.2, -0.15) is 0 Å². The zero-order chi connectivity index (χ0) is 25.6. The van der Waals surface area contributed by atoms with Gasteiger partial charge in [0.2, 0.25) is 21.8 Å². The second kappa shape index (κ2) is 11.5. The molecule has 0 aliphatic heterocycles. The molecule has 2 aromatic carbocycles. The Balaban J connectivity index is 2.44. The van der Waals surface area contributed by atoms with Crippen LogP contribution in [-0.4, -0.2) is 50.5 Å². The van der Waals surface area contributed by atoms with E-state index in [1.807, 2.05) is 77.1 Å². The van der Waals surface area contributed by atoms with Gasteiger partial charge in [0, 0.05) is 13.1 Å². The summed E-state index contributed by atoms with van der Waals surface area (Å²) >= 11 is 0. The predicted molar refractivity (Wildman–Crippen MR) is 137 cm³/mol. The zero-order valence-electron chi connectivity index (χ0n) is 21.3. The fourth-order valence-electron chi connectivity index (χ4n) is 3.78. The topological polar surface area (TPSA) is 86.8 Å². The molecule has 0 saturated carbocycles. The van der Waals surface area contributed by atoms with Gasteiger partial charge in [-0.15, -0.1) is 0 Å². The SMILES string of the molecule is Cc1ccccc1CN(C(=O)CN(c1c(C)cccc1C)S(C)(=O)=O)C(C)C(=O)NCC(C)C. The smallest absolute Gasteiger partial charge is 0.244 e. The summed E-state index contributed by atoms with van der Waals surface area (Å²) in [7, 11) is -3.75. The van der Waals surface area contributed by atoms with Crippen LogP contribution < -0.4 is 9.62 Å². The van der Waals surface area contributed by atoms with Gasteiger partial charge in [0.25, 0.3) is 0 Å². The highest BCUT2D eigenvalue weighted by atomic mass is 32.2. The van der Waals surface area contributed by atoms with Crippen LogP contribution in [-0.2, 0) is 26.2 Å². The summed E-state index contributed by atoms with van der Waals surface area (Å²) in [6.45, 7) is 11.6. The van der Waals surface area contributed by atoms with Crippen LogP contribution >= 0.6 is 0 Å². The molecule has 7 nitrogen and oxygen atoms in total. The number of carbonyl (C=O) groups excluding carboxylic acids is 2. The highest BCUT2D eigenvalue weighted by Gasteiger charge is 2.31. The number of sulfonamides is 1. The molecule has 0 radical (unpaired) electrons. The van der Waals surface area contributed by atoms with Crippen molar-refractivity contribution in [1.82, 2.24) is 10.2 Å². The van der Waals surface area contributed by atoms with E-state index < -0.39 is 28.5 Å². The molecule has 0 fully saturated rings. The maximum Gasteiger partial charge on any atom is 0.244 e. The number of anilines is 1. The molecule has 0 bridgehead atoms. The maximum atomic E-state index is 13.6. The van der Waals surface area contributed by atoms with E-state index in [4.69, 9.17) is 0 Å². The van der Waals surface area contributed by atoms with Gasteiger partial charge < -0.3 is 10.2 Å². The van der Waals surface area contributed by atoms with Crippen molar-refractivity contribution in [3.8, 4) is 0 Å². The van der Waals surface area contributed by atoms with Crippen molar-refractivity contribution in [1.29, 1.82) is 0 Å². The second-order valence-corrected chi connectivity index (χ2v) is 11.2. The van der Waals surface area contributed by atoms with E-state index in [0.29, 0.717) is 12.2 Å². The van der Waals surface area contributed by atoms with Crippen molar-refractivity contribution in [2.24, 2.45) is 5.92 Å². The van der Waals surface area contributed by atoms with Crippen LogP contribution in [0.5, 0.6) is 0 Å². The summed E-state index contributed by atoms with van der Waals surface area (Å²) < 4.78 is 26.7. The number of nitrogens with zero attached hydrogens (tertiary/aromatic N) is 2. The van der Waals surface area contributed by atoms with Gasteiger partial charge in [0.05, 0.1) is 11.9 Å². The van der Waals surface area contributed by atoms with Crippen LogP contribution in [0.3, 0.4) is 0 Å². The Morgan fingerprint density at radius 3 is 2.00 bits per heavy atom. The molecule has 0 saturated heterocycles. The monoisotopic (exact) mass is 487 g/mol. The van der Waals surface area contributed by atoms with Crippen molar-refractivity contribution in [2.45, 2.75) is 54.1 Å². The fraction of sp³-hybridized carbons (Fsp3) is 0.462. The van der Waals surface area contributed by atoms with E-state index >= 15 is 0 Å². The average Bonchev–Trinajstić information content (AvgIpc) is 2.74. The molecule has 0 aliphatic carbocycles. The Labute approximate surface area is 204 Å². The molecule has 0 aromatic heterocycles. The molecule has 186 valence electrons. The van der Waals surface area contributed by atoms with Crippen LogP contribution in [0.15, 0.2) is 42.5 Å². The van der Waals surface area contributed by atoms with Crippen molar-refractivity contribution in [3.05, 3.63) is 64.7 Å². The number of aryl methyl sites for hydroxylation is 3. The highest BCUT2D eigenvalue weighted by molar-refractivity contribution is 7.92. The molecule has 0 aliphatic rings. The van der Waals surface area contributed by atoms with Crippen LogP contribution in [0.4, 0.5) is 5.69 Å². The first-order valence-electron chi connectivity index (χ1n) is 11.5. The number of amides is 2. The van der Waals surface area contributed by atoms with Gasteiger partial charge in [-0.3, -0.25) is 13.9 Å². The largest absolute Gasteiger partial charge is 0.354 e. The summed E-state index contributed by atoms with van der Waals surface area (Å²) in [5, 5.41) is 2.89. The fourth-order valence-corrected chi connectivity index (χ4v) is 4.75. The molecule has 2 rings (SSSR count). The number of hydrogen-bond donors (Lipinski definition) is 1. The first kappa shape index (κ1) is 27.4. The zero-order valence-corrected chi connectivity index (χ0v) is 22.1. The molecule has 8 heteroatoms. The lowest BCUT2D eigenvalue weighted by Crippen LogP contribution is -2.51. The third-order valence-corrected chi connectivity index (χ3v) is 6.93. The van der Waals surface area contributed by atoms with Gasteiger partial charge in [-0.1, -0.05) is 56.3 Å². The molecule has 1 N–H and O–H groups in total. The Hall–Kier alpha value is -2.87. The lowest BCUT2D eigenvalue weighted by molar-refractivity contribution is -0.139. The van der Waals surface area contributed by atoms with Gasteiger partial charge in [-0.25, -0.2) is 8.42 Å². The minimum atomic E-state index is -3.75. The van der Waals surface area contributed by atoms with Crippen LogP contribution in [0.2, 0.25) is 0 Å². The van der Waals surface area contributed by atoms with Crippen LogP contribution in [0.25, 0.3) is 0 Å². The summed E-state index contributed by atoms with van der Waals surface area (Å²) in [6.07, 6.45) is 1.09. The van der Waals surface area contributed by atoms with Crippen LogP contribution in [0, 0.1) is 26.7 Å². The Morgan fingerprint density at radius 2 is 1.47 bits per heavy atom. The summed E-state index contributed by atoms with van der Waals surface area (Å²) in [6, 6.07) is 12.4. The Morgan fingerprint density at radius 1 is 0.912 bits per heavy atom. The van der Waals surface area contributed by atoms with E-state index in [0.717, 1.165) is 32.8 Å². The summed E-state index contributed by atoms with van der Waals surface area (Å²) in [5.41, 5.74) is 3.89. The van der Waals surface area contributed by atoms with Crippen molar-refractivity contribution >= 4 is 27.5 Å². The lowest BCUT2D eigenvalue weighted by atomic mass is 10.1. The van der Waals surface area contributed by atoms with E-state index in [9.17, 15) is 18.0 Å². The summed E-state index contributed by atoms with van der Waals surface area (Å²) in [4.78, 5) is 28.0. The van der Waals surface area contributed by atoms with Gasteiger partial charge in [0.1, 0.15) is 12.6 Å². The molecule has 34 heavy (non-hydrogen) atoms. The molecule has 1 unspecified atom stereocenters. The van der Waals surface area contributed by atoms with Gasteiger partial charge >= 0.3 is 0 Å². The third-order valence-electron chi connectivity index (χ3n) is 5.82. The van der Waals surface area contributed by atoms with E-state index in [-0.39, 0.29) is 18.4 Å². The van der Waals surface area contributed by atoms with E-state index in [2.05, 4.69) is 5.32 Å². The molecule has 1 atom stereocenters. The maximum absolute atomic E-state index is 13.6. The normalized spacial score (nSPS) is 12.4. The molecule has 2 aromatic rings. The first-order valence-corrected chi connectivity index (χ1v) is 13.3. The predicted octanol–water partition coefficient (Wildman–Crippen LogP) is 3.57. The number of rotatable bonds is 10. The quantitative estimate of drug-likeness (QED) is 0.555. The molecule has 0 heterocycles. The van der Waals surface area contributed by atoms with Crippen molar-refractivity contribution in [3.63, 3.8) is 0 Å². The minimum absolute atomic E-state index is 0.201. The molecular formula is C26H37N3O4S. The number of hydrogen-bond acceptors (Lipinski definition) is 4. The molecule has 0 spiro atoms. The lowest BCUT2D eigenvalue weighted by Gasteiger charge is -2.32. The second-order valence-electron chi connectivity index (χ2n) is 9.27. The van der Waals surface area contributed by atoms with Crippen molar-refractivity contribution in [2.75, 3.05) is 23.7 Å². The molecule has 2 amide bonds. The third kappa shape index (κ3) is 7.06. The van der Waals surface area contributed by atoms with Crippen molar-refractivity contribution < 1.29 is 18.0 Å².